The average molecular weight is 359 g/mol. The Morgan fingerprint density at radius 3 is 2.54 bits per heavy atom. The number of rotatable bonds is 8. The van der Waals surface area contributed by atoms with Crippen LogP contribution in [0.3, 0.4) is 0 Å². The Labute approximate surface area is 152 Å². The van der Waals surface area contributed by atoms with E-state index < -0.39 is 0 Å². The number of carbonyl (C=O) groups is 1. The second kappa shape index (κ2) is 9.41. The fourth-order valence-corrected chi connectivity index (χ4v) is 1.97. The van der Waals surface area contributed by atoms with E-state index in [4.69, 9.17) is 9.47 Å². The molecule has 0 radical (unpaired) electrons. The van der Waals surface area contributed by atoms with Crippen molar-refractivity contribution in [2.75, 3.05) is 32.7 Å². The number of hydrogen-bond acceptors (Lipinski definition) is 5. The molecule has 0 aliphatic heterocycles. The highest BCUT2D eigenvalue weighted by Crippen LogP contribution is 2.28. The molecule has 26 heavy (non-hydrogen) atoms. The van der Waals surface area contributed by atoms with Crippen molar-refractivity contribution in [3.63, 3.8) is 0 Å². The quantitative estimate of drug-likeness (QED) is 0.581. The van der Waals surface area contributed by atoms with Crippen LogP contribution in [0.25, 0.3) is 0 Å². The summed E-state index contributed by atoms with van der Waals surface area (Å²) in [4.78, 5) is 13.1. The second-order valence-electron chi connectivity index (χ2n) is 5.59. The minimum absolute atomic E-state index is 0.0629. The van der Waals surface area contributed by atoms with Gasteiger partial charge in [0.2, 0.25) is 0 Å². The number of carbonyl (C=O) groups excluding carboxylic acids is 1. The molecule has 138 valence electrons. The van der Waals surface area contributed by atoms with Crippen molar-refractivity contribution in [3.05, 3.63) is 53.8 Å². The molecular formula is C19H22FN3O3. The molecule has 2 aromatic rings. The van der Waals surface area contributed by atoms with E-state index in [2.05, 4.69) is 10.5 Å². The summed E-state index contributed by atoms with van der Waals surface area (Å²) in [5.41, 5.74) is 4.28. The van der Waals surface area contributed by atoms with Crippen molar-refractivity contribution >= 4 is 17.8 Å². The first-order valence-electron chi connectivity index (χ1n) is 8.14. The highest BCUT2D eigenvalue weighted by Gasteiger charge is 2.10. The van der Waals surface area contributed by atoms with Crippen LogP contribution in [0.2, 0.25) is 0 Å². The summed E-state index contributed by atoms with van der Waals surface area (Å²) in [6, 6.07) is 11.2. The normalized spacial score (nSPS) is 10.6. The molecule has 0 fully saturated rings. The third-order valence-electron chi connectivity index (χ3n) is 3.37. The summed E-state index contributed by atoms with van der Waals surface area (Å²) in [6.07, 6.45) is 1.61. The number of nitrogens with one attached hydrogen (secondary N) is 1. The lowest BCUT2D eigenvalue weighted by Gasteiger charge is -2.14. The van der Waals surface area contributed by atoms with Gasteiger partial charge in [-0.15, -0.1) is 0 Å². The van der Waals surface area contributed by atoms with E-state index in [1.165, 1.54) is 17.0 Å². The second-order valence-corrected chi connectivity index (χ2v) is 5.59. The topological polar surface area (TPSA) is 63.2 Å². The predicted molar refractivity (Wildman–Crippen MR) is 99.4 cm³/mol. The number of halogens is 1. The van der Waals surface area contributed by atoms with E-state index in [0.717, 1.165) is 5.56 Å². The number of amides is 1. The Balaban J connectivity index is 2.04. The van der Waals surface area contributed by atoms with Gasteiger partial charge in [0.1, 0.15) is 5.82 Å². The molecule has 0 heterocycles. The van der Waals surface area contributed by atoms with Gasteiger partial charge in [0.15, 0.2) is 18.1 Å². The zero-order chi connectivity index (χ0) is 18.9. The molecule has 0 unspecified atom stereocenters. The molecule has 0 saturated carbocycles. The van der Waals surface area contributed by atoms with Crippen LogP contribution in [0.5, 0.6) is 11.5 Å². The smallest absolute Gasteiger partial charge is 0.259 e. The first kappa shape index (κ1) is 19.2. The van der Waals surface area contributed by atoms with Crippen molar-refractivity contribution in [2.24, 2.45) is 5.10 Å². The summed E-state index contributed by atoms with van der Waals surface area (Å²) < 4.78 is 24.0. The van der Waals surface area contributed by atoms with E-state index in [1.54, 1.807) is 50.6 Å². The third-order valence-corrected chi connectivity index (χ3v) is 3.37. The number of nitrogens with zero attached hydrogens (tertiary/aromatic N) is 2. The average Bonchev–Trinajstić information content (AvgIpc) is 2.62. The zero-order valence-corrected chi connectivity index (χ0v) is 15.0. The first-order valence-corrected chi connectivity index (χ1v) is 8.14. The van der Waals surface area contributed by atoms with Gasteiger partial charge in [0.25, 0.3) is 5.91 Å². The third kappa shape index (κ3) is 5.77. The Hall–Kier alpha value is -3.09. The Morgan fingerprint density at radius 2 is 1.88 bits per heavy atom. The summed E-state index contributed by atoms with van der Waals surface area (Å²) in [5.74, 6) is 0.585. The Kier molecular flexibility index (Phi) is 6.96. The molecule has 0 saturated heterocycles. The van der Waals surface area contributed by atoms with E-state index in [1.807, 2.05) is 6.92 Å². The van der Waals surface area contributed by atoms with Crippen LogP contribution in [0, 0.1) is 5.82 Å². The maximum Gasteiger partial charge on any atom is 0.259 e. The van der Waals surface area contributed by atoms with E-state index in [-0.39, 0.29) is 18.3 Å². The maximum absolute atomic E-state index is 12.9. The van der Waals surface area contributed by atoms with Gasteiger partial charge >= 0.3 is 0 Å². The molecule has 0 bridgehead atoms. The van der Waals surface area contributed by atoms with Gasteiger partial charge in [-0.25, -0.2) is 4.39 Å². The fraction of sp³-hybridized carbons (Fsp3) is 0.263. The molecule has 2 aromatic carbocycles. The lowest BCUT2D eigenvalue weighted by molar-refractivity contribution is -0.130. The number of ether oxygens (including phenoxy) is 2. The van der Waals surface area contributed by atoms with Gasteiger partial charge in [-0.05, 0) is 55.0 Å². The molecule has 0 spiro atoms. The van der Waals surface area contributed by atoms with Gasteiger partial charge in [0.05, 0.1) is 18.5 Å². The van der Waals surface area contributed by atoms with Gasteiger partial charge < -0.3 is 14.4 Å². The highest BCUT2D eigenvalue weighted by atomic mass is 19.1. The minimum Gasteiger partial charge on any atom is -0.490 e. The maximum atomic E-state index is 12.9. The lowest BCUT2D eigenvalue weighted by Crippen LogP contribution is -2.27. The van der Waals surface area contributed by atoms with E-state index >= 15 is 0 Å². The number of hydrogen-bond donors (Lipinski definition) is 1. The van der Waals surface area contributed by atoms with Crippen LogP contribution in [0.4, 0.5) is 10.1 Å². The predicted octanol–water partition coefficient (Wildman–Crippen LogP) is 3.14. The summed E-state index contributed by atoms with van der Waals surface area (Å²) in [7, 11) is 3.34. The first-order chi connectivity index (χ1) is 12.5. The molecule has 0 aromatic heterocycles. The molecule has 7 heteroatoms. The van der Waals surface area contributed by atoms with Crippen molar-refractivity contribution in [1.29, 1.82) is 0 Å². The fourth-order valence-electron chi connectivity index (χ4n) is 1.97. The van der Waals surface area contributed by atoms with Gasteiger partial charge in [0, 0.05) is 14.1 Å². The molecule has 6 nitrogen and oxygen atoms in total. The molecule has 0 atom stereocenters. The monoisotopic (exact) mass is 359 g/mol. The van der Waals surface area contributed by atoms with Crippen LogP contribution in [-0.4, -0.2) is 44.3 Å². The molecular weight excluding hydrogens is 337 g/mol. The zero-order valence-electron chi connectivity index (χ0n) is 15.0. The van der Waals surface area contributed by atoms with Crippen LogP contribution in [0.15, 0.2) is 47.6 Å². The number of hydrazone groups is 1. The van der Waals surface area contributed by atoms with Crippen molar-refractivity contribution in [1.82, 2.24) is 4.90 Å². The van der Waals surface area contributed by atoms with Crippen molar-refractivity contribution < 1.29 is 18.7 Å². The number of likely N-dealkylation sites (N-methyl/N-ethyl adjacent to an activating group) is 1. The van der Waals surface area contributed by atoms with Gasteiger partial charge in [-0.1, -0.05) is 0 Å². The van der Waals surface area contributed by atoms with E-state index in [9.17, 15) is 9.18 Å². The van der Waals surface area contributed by atoms with Gasteiger partial charge in [-0.2, -0.15) is 5.10 Å². The van der Waals surface area contributed by atoms with Crippen LogP contribution in [-0.2, 0) is 4.79 Å². The van der Waals surface area contributed by atoms with Crippen LogP contribution in [0.1, 0.15) is 12.5 Å². The minimum atomic E-state index is -0.302. The Morgan fingerprint density at radius 1 is 1.15 bits per heavy atom. The van der Waals surface area contributed by atoms with Crippen molar-refractivity contribution in [2.45, 2.75) is 6.92 Å². The molecule has 0 aliphatic carbocycles. The summed E-state index contributed by atoms with van der Waals surface area (Å²) in [6.45, 7) is 2.27. The van der Waals surface area contributed by atoms with E-state index in [0.29, 0.717) is 23.8 Å². The Bertz CT molecular complexity index is 761. The molecule has 2 rings (SSSR count). The standard InChI is InChI=1S/C19H22FN3O3/c1-4-25-18-11-14(5-10-17(18)26-13-19(24)23(2)3)12-21-22-16-8-6-15(20)7-9-16/h5-12,22H,4,13H2,1-3H3/b21-12-. The largest absolute Gasteiger partial charge is 0.490 e. The van der Waals surface area contributed by atoms with Gasteiger partial charge in [-0.3, -0.25) is 10.2 Å². The molecule has 1 N–H and O–H groups in total. The van der Waals surface area contributed by atoms with Crippen LogP contribution < -0.4 is 14.9 Å². The molecule has 1 amide bonds. The number of anilines is 1. The lowest BCUT2D eigenvalue weighted by atomic mass is 10.2. The summed E-state index contributed by atoms with van der Waals surface area (Å²) in [5, 5.41) is 4.12. The summed E-state index contributed by atoms with van der Waals surface area (Å²) >= 11 is 0. The molecule has 0 aliphatic rings. The number of benzene rings is 2. The van der Waals surface area contributed by atoms with Crippen LogP contribution >= 0.6 is 0 Å². The van der Waals surface area contributed by atoms with Crippen molar-refractivity contribution in [3.8, 4) is 11.5 Å². The SMILES string of the molecule is CCOc1cc(/C=N\Nc2ccc(F)cc2)ccc1OCC(=O)N(C)C. The highest BCUT2D eigenvalue weighted by molar-refractivity contribution is 5.81.